The van der Waals surface area contributed by atoms with Crippen LogP contribution < -0.4 is 11.1 Å². The van der Waals surface area contributed by atoms with E-state index in [2.05, 4.69) is 23.5 Å². The van der Waals surface area contributed by atoms with Crippen LogP contribution in [0.25, 0.3) is 0 Å². The second-order valence-electron chi connectivity index (χ2n) is 1.84. The minimum atomic E-state index is -0.571. The Morgan fingerprint density at radius 1 is 1.82 bits per heavy atom. The smallest absolute Gasteiger partial charge is 0.312 e. The molecule has 0 aliphatic carbocycles. The highest BCUT2D eigenvalue weighted by molar-refractivity contribution is 5.80. The van der Waals surface area contributed by atoms with E-state index in [4.69, 9.17) is 5.73 Å². The van der Waals surface area contributed by atoms with Crippen LogP contribution in [0, 0.1) is 0 Å². The average molecular weight is 155 g/mol. The third-order valence-electron chi connectivity index (χ3n) is 0.852. The Morgan fingerprint density at radius 2 is 2.45 bits per heavy atom. The van der Waals surface area contributed by atoms with E-state index in [0.29, 0.717) is 12.1 Å². The summed E-state index contributed by atoms with van der Waals surface area (Å²) in [6.07, 6.45) is 2.89. The van der Waals surface area contributed by atoms with Crippen LogP contribution in [0.3, 0.4) is 0 Å². The van der Waals surface area contributed by atoms with Crippen LogP contribution in [0.15, 0.2) is 29.9 Å². The molecular formula is C7H13N3O. The summed E-state index contributed by atoms with van der Waals surface area (Å²) >= 11 is 0. The van der Waals surface area contributed by atoms with Crippen molar-refractivity contribution in [2.24, 2.45) is 10.7 Å². The predicted molar refractivity (Wildman–Crippen MR) is 47.5 cm³/mol. The van der Waals surface area contributed by atoms with Gasteiger partial charge in [-0.15, -0.1) is 0 Å². The molecule has 62 valence electrons. The fraction of sp³-hybridized carbons (Fsp3) is 0.143. The molecule has 0 aliphatic rings. The van der Waals surface area contributed by atoms with Crippen molar-refractivity contribution in [1.82, 2.24) is 5.32 Å². The van der Waals surface area contributed by atoms with Gasteiger partial charge in [-0.1, -0.05) is 13.2 Å². The molecule has 2 amide bonds. The fourth-order valence-corrected chi connectivity index (χ4v) is 0.404. The third kappa shape index (κ3) is 6.30. The summed E-state index contributed by atoms with van der Waals surface area (Å²) in [6, 6.07) is -0.571. The first kappa shape index (κ1) is 9.42. The second kappa shape index (κ2) is 5.22. The van der Waals surface area contributed by atoms with Crippen molar-refractivity contribution in [3.8, 4) is 0 Å². The molecular weight excluding hydrogens is 142 g/mol. The molecule has 3 N–H and O–H groups in total. The summed E-state index contributed by atoms with van der Waals surface area (Å²) in [6.45, 7) is 7.29. The Bertz CT molecular complexity index is 201. The van der Waals surface area contributed by atoms with E-state index in [1.54, 1.807) is 0 Å². The van der Waals surface area contributed by atoms with Crippen molar-refractivity contribution in [3.05, 3.63) is 24.9 Å². The van der Waals surface area contributed by atoms with E-state index in [-0.39, 0.29) is 1.43 Å². The number of nitrogens with two attached hydrogens (primary N) is 1. The maximum absolute atomic E-state index is 10.2. The van der Waals surface area contributed by atoms with Gasteiger partial charge in [0.2, 0.25) is 0 Å². The molecule has 0 radical (unpaired) electrons. The molecule has 4 nitrogen and oxygen atoms in total. The van der Waals surface area contributed by atoms with Gasteiger partial charge >= 0.3 is 6.03 Å². The Morgan fingerprint density at radius 3 is 2.91 bits per heavy atom. The van der Waals surface area contributed by atoms with Crippen molar-refractivity contribution in [2.45, 2.75) is 0 Å². The van der Waals surface area contributed by atoms with Gasteiger partial charge < -0.3 is 11.1 Å². The Balaban J connectivity index is 0. The third-order valence-corrected chi connectivity index (χ3v) is 0.852. The SMILES string of the molecule is C=CN=CC(=C)CNC(N)=O.[HH]. The Labute approximate surface area is 67.0 Å². The second-order valence-corrected chi connectivity index (χ2v) is 1.84. The number of nitrogens with zero attached hydrogens (tertiary/aromatic N) is 1. The molecule has 0 aliphatic heterocycles. The zero-order valence-electron chi connectivity index (χ0n) is 6.21. The number of hydrogen-bond donors (Lipinski definition) is 2. The quantitative estimate of drug-likeness (QED) is 0.576. The van der Waals surface area contributed by atoms with Gasteiger partial charge in [0.05, 0.1) is 0 Å². The minimum Gasteiger partial charge on any atom is -0.352 e. The average Bonchev–Trinajstić information content (AvgIpc) is 1.97. The van der Waals surface area contributed by atoms with Crippen LogP contribution in [-0.2, 0) is 0 Å². The lowest BCUT2D eigenvalue weighted by atomic mass is 10.3. The van der Waals surface area contributed by atoms with Gasteiger partial charge in [-0.25, -0.2) is 4.79 Å². The number of amides is 2. The van der Waals surface area contributed by atoms with Crippen LogP contribution >= 0.6 is 0 Å². The number of primary amides is 1. The molecule has 0 atom stereocenters. The molecule has 0 unspecified atom stereocenters. The molecule has 0 fully saturated rings. The lowest BCUT2D eigenvalue weighted by Crippen LogP contribution is -2.30. The zero-order valence-corrected chi connectivity index (χ0v) is 6.21. The van der Waals surface area contributed by atoms with Crippen LogP contribution in [0.5, 0.6) is 0 Å². The first-order valence-electron chi connectivity index (χ1n) is 3.02. The number of urea groups is 1. The van der Waals surface area contributed by atoms with Crippen molar-refractivity contribution in [1.29, 1.82) is 0 Å². The van der Waals surface area contributed by atoms with Gasteiger partial charge in [0.1, 0.15) is 0 Å². The van der Waals surface area contributed by atoms with Gasteiger partial charge in [0, 0.05) is 20.4 Å². The molecule has 0 saturated heterocycles. The van der Waals surface area contributed by atoms with E-state index in [0.717, 1.165) is 0 Å². The van der Waals surface area contributed by atoms with Crippen LogP contribution in [0.1, 0.15) is 1.43 Å². The van der Waals surface area contributed by atoms with E-state index in [1.807, 2.05) is 0 Å². The summed E-state index contributed by atoms with van der Waals surface area (Å²) in [7, 11) is 0. The van der Waals surface area contributed by atoms with Crippen molar-refractivity contribution >= 4 is 12.2 Å². The molecule has 0 spiro atoms. The van der Waals surface area contributed by atoms with E-state index < -0.39 is 6.03 Å². The van der Waals surface area contributed by atoms with Gasteiger partial charge in [-0.05, 0) is 5.57 Å². The standard InChI is InChI=1S/C7H11N3O.H2/c1-3-9-4-6(2)5-10-7(8)11;/h3-4H,1-2,5H2,(H3,8,10,11);1H. The van der Waals surface area contributed by atoms with Crippen LogP contribution in [0.4, 0.5) is 4.79 Å². The molecule has 11 heavy (non-hydrogen) atoms. The summed E-state index contributed by atoms with van der Waals surface area (Å²) < 4.78 is 0. The molecule has 0 bridgehead atoms. The van der Waals surface area contributed by atoms with E-state index in [9.17, 15) is 4.79 Å². The maximum atomic E-state index is 10.2. The fourth-order valence-electron chi connectivity index (χ4n) is 0.404. The van der Waals surface area contributed by atoms with Gasteiger partial charge in [0.25, 0.3) is 0 Å². The lowest BCUT2D eigenvalue weighted by Gasteiger charge is -1.98. The monoisotopic (exact) mass is 155 g/mol. The molecule has 0 rings (SSSR count). The first-order chi connectivity index (χ1) is 5.16. The number of rotatable bonds is 4. The van der Waals surface area contributed by atoms with Crippen molar-refractivity contribution in [2.75, 3.05) is 6.54 Å². The summed E-state index contributed by atoms with van der Waals surface area (Å²) in [5, 5.41) is 2.37. The molecule has 0 aromatic carbocycles. The number of hydrogen-bond acceptors (Lipinski definition) is 2. The lowest BCUT2D eigenvalue weighted by molar-refractivity contribution is 0.250. The highest BCUT2D eigenvalue weighted by Gasteiger charge is 1.91. The predicted octanol–water partition coefficient (Wildman–Crippen LogP) is 0.671. The zero-order chi connectivity index (χ0) is 8.69. The maximum Gasteiger partial charge on any atom is 0.312 e. The normalized spacial score (nSPS) is 9.45. The molecule has 4 heteroatoms. The first-order valence-corrected chi connectivity index (χ1v) is 3.02. The van der Waals surface area contributed by atoms with Crippen molar-refractivity contribution < 1.29 is 6.22 Å². The minimum absolute atomic E-state index is 0. The van der Waals surface area contributed by atoms with Crippen LogP contribution in [-0.4, -0.2) is 18.8 Å². The van der Waals surface area contributed by atoms with Crippen molar-refractivity contribution in [3.63, 3.8) is 0 Å². The molecule has 0 aromatic heterocycles. The highest BCUT2D eigenvalue weighted by Crippen LogP contribution is 1.81. The highest BCUT2D eigenvalue weighted by atomic mass is 16.2. The molecule has 0 heterocycles. The van der Waals surface area contributed by atoms with E-state index >= 15 is 0 Å². The Hall–Kier alpha value is -1.58. The van der Waals surface area contributed by atoms with Gasteiger partial charge in [-0.2, -0.15) is 0 Å². The Kier molecular flexibility index (Phi) is 4.47. The summed E-state index contributed by atoms with van der Waals surface area (Å²) in [5.41, 5.74) is 5.48. The van der Waals surface area contributed by atoms with Gasteiger partial charge in [-0.3, -0.25) is 4.99 Å². The number of nitrogens with one attached hydrogen (secondary N) is 1. The van der Waals surface area contributed by atoms with Crippen LogP contribution in [0.2, 0.25) is 0 Å². The summed E-state index contributed by atoms with van der Waals surface area (Å²) in [5.74, 6) is 0. The number of carbonyl (C=O) groups excluding carboxylic acids is 1. The molecule has 0 aromatic rings. The summed E-state index contributed by atoms with van der Waals surface area (Å²) in [4.78, 5) is 13.9. The largest absolute Gasteiger partial charge is 0.352 e. The molecule has 0 saturated carbocycles. The number of carbonyl (C=O) groups is 1. The number of aliphatic imine (C=N–C) groups is 1. The van der Waals surface area contributed by atoms with Gasteiger partial charge in [0.15, 0.2) is 0 Å². The topological polar surface area (TPSA) is 67.5 Å². The van der Waals surface area contributed by atoms with E-state index in [1.165, 1.54) is 12.4 Å².